The zero-order valence-corrected chi connectivity index (χ0v) is 18.6. The molecule has 4 rings (SSSR count). The molecule has 1 amide bonds. The smallest absolute Gasteiger partial charge is 0.241 e. The monoisotopic (exact) mass is 495 g/mol. The lowest BCUT2D eigenvalue weighted by molar-refractivity contribution is -0.131. The Morgan fingerprint density at radius 3 is 2.43 bits per heavy atom. The van der Waals surface area contributed by atoms with Gasteiger partial charge in [-0.15, -0.1) is 0 Å². The zero-order chi connectivity index (χ0) is 21.1. The van der Waals surface area contributed by atoms with Crippen molar-refractivity contribution in [3.63, 3.8) is 0 Å². The lowest BCUT2D eigenvalue weighted by atomic mass is 10.1. The summed E-state index contributed by atoms with van der Waals surface area (Å²) in [6.07, 6.45) is 0. The van der Waals surface area contributed by atoms with Crippen molar-refractivity contribution >= 4 is 31.9 Å². The van der Waals surface area contributed by atoms with E-state index in [-0.39, 0.29) is 24.1 Å². The molecule has 1 fully saturated rings. The van der Waals surface area contributed by atoms with Gasteiger partial charge in [0.1, 0.15) is 0 Å². The van der Waals surface area contributed by atoms with Gasteiger partial charge < -0.3 is 14.4 Å². The number of halogens is 1. The number of piperazine rings is 1. The first-order valence-electron chi connectivity index (χ1n) is 9.55. The molecule has 10 heteroatoms. The second kappa shape index (κ2) is 8.93. The predicted molar refractivity (Wildman–Crippen MR) is 114 cm³/mol. The van der Waals surface area contributed by atoms with Crippen LogP contribution in [0.5, 0.6) is 11.5 Å². The molecular weight excluding hydrogens is 474 g/mol. The van der Waals surface area contributed by atoms with E-state index >= 15 is 0 Å². The molecule has 0 aromatic heterocycles. The lowest BCUT2D eigenvalue weighted by Gasteiger charge is -2.34. The number of benzene rings is 2. The standard InChI is InChI=1S/C20H22BrN3O5S/c21-16-2-4-17(5-3-16)30(26,27)22-12-20(25)24-9-7-23(8-10-24)13-15-1-6-18-19(11-15)29-14-28-18/h1-6,11,22H,7-10,12-14H2. The van der Waals surface area contributed by atoms with E-state index in [9.17, 15) is 13.2 Å². The number of nitrogens with zero attached hydrogens (tertiary/aromatic N) is 2. The maximum Gasteiger partial charge on any atom is 0.241 e. The number of sulfonamides is 1. The minimum atomic E-state index is -3.72. The minimum Gasteiger partial charge on any atom is -0.454 e. The summed E-state index contributed by atoms with van der Waals surface area (Å²) >= 11 is 3.27. The molecule has 0 unspecified atom stereocenters. The van der Waals surface area contributed by atoms with Crippen LogP contribution in [-0.4, -0.2) is 63.6 Å². The Kier molecular flexibility index (Phi) is 6.28. The molecule has 0 bridgehead atoms. The van der Waals surface area contributed by atoms with Crippen LogP contribution >= 0.6 is 15.9 Å². The van der Waals surface area contributed by atoms with Crippen molar-refractivity contribution in [3.05, 3.63) is 52.5 Å². The molecule has 0 atom stereocenters. The number of fused-ring (bicyclic) bond motifs is 1. The molecule has 2 aromatic carbocycles. The maximum absolute atomic E-state index is 12.5. The molecule has 8 nitrogen and oxygen atoms in total. The van der Waals surface area contributed by atoms with Crippen LogP contribution in [-0.2, 0) is 21.4 Å². The van der Waals surface area contributed by atoms with Gasteiger partial charge in [0, 0.05) is 37.2 Å². The third-order valence-corrected chi connectivity index (χ3v) is 7.05. The molecule has 0 radical (unpaired) electrons. The third-order valence-electron chi connectivity index (χ3n) is 5.11. The zero-order valence-electron chi connectivity index (χ0n) is 16.2. The summed E-state index contributed by atoms with van der Waals surface area (Å²) in [5.74, 6) is 1.30. The van der Waals surface area contributed by atoms with Crippen molar-refractivity contribution in [2.45, 2.75) is 11.4 Å². The van der Waals surface area contributed by atoms with Crippen LogP contribution in [0.15, 0.2) is 51.8 Å². The summed E-state index contributed by atoms with van der Waals surface area (Å²) in [6, 6.07) is 12.2. The van der Waals surface area contributed by atoms with Crippen LogP contribution in [0.25, 0.3) is 0 Å². The highest BCUT2D eigenvalue weighted by atomic mass is 79.9. The Bertz CT molecular complexity index is 1020. The number of rotatable bonds is 6. The average Bonchev–Trinajstić information content (AvgIpc) is 3.21. The van der Waals surface area contributed by atoms with Crippen molar-refractivity contribution in [1.82, 2.24) is 14.5 Å². The first-order chi connectivity index (χ1) is 14.4. The second-order valence-corrected chi connectivity index (χ2v) is 9.81. The minimum absolute atomic E-state index is 0.132. The molecule has 2 heterocycles. The van der Waals surface area contributed by atoms with Crippen molar-refractivity contribution in [2.75, 3.05) is 39.5 Å². The third kappa shape index (κ3) is 4.94. The largest absolute Gasteiger partial charge is 0.454 e. The molecule has 1 N–H and O–H groups in total. The summed E-state index contributed by atoms with van der Waals surface area (Å²) in [4.78, 5) is 16.5. The van der Waals surface area contributed by atoms with E-state index in [1.165, 1.54) is 12.1 Å². The highest BCUT2D eigenvalue weighted by molar-refractivity contribution is 9.10. The van der Waals surface area contributed by atoms with Gasteiger partial charge in [0.25, 0.3) is 0 Å². The van der Waals surface area contributed by atoms with E-state index in [0.717, 1.165) is 41.2 Å². The molecule has 2 aliphatic heterocycles. The van der Waals surface area contributed by atoms with Crippen molar-refractivity contribution in [2.24, 2.45) is 0 Å². The number of carbonyl (C=O) groups is 1. The average molecular weight is 496 g/mol. The van der Waals surface area contributed by atoms with Gasteiger partial charge >= 0.3 is 0 Å². The van der Waals surface area contributed by atoms with Crippen molar-refractivity contribution in [1.29, 1.82) is 0 Å². The summed E-state index contributed by atoms with van der Waals surface area (Å²) in [5.41, 5.74) is 1.13. The fourth-order valence-electron chi connectivity index (χ4n) is 3.42. The van der Waals surface area contributed by atoms with Crippen LogP contribution in [0.3, 0.4) is 0 Å². The summed E-state index contributed by atoms with van der Waals surface area (Å²) in [5, 5.41) is 0. The van der Waals surface area contributed by atoms with Crippen LogP contribution in [0.1, 0.15) is 5.56 Å². The molecule has 2 aliphatic rings. The van der Waals surface area contributed by atoms with Crippen molar-refractivity contribution in [3.8, 4) is 11.5 Å². The molecule has 2 aromatic rings. The number of carbonyl (C=O) groups excluding carboxylic acids is 1. The Hall–Kier alpha value is -2.14. The Morgan fingerprint density at radius 2 is 1.70 bits per heavy atom. The van der Waals surface area contributed by atoms with Gasteiger partial charge in [0.2, 0.25) is 22.7 Å². The van der Waals surface area contributed by atoms with E-state index < -0.39 is 10.0 Å². The van der Waals surface area contributed by atoms with Crippen molar-refractivity contribution < 1.29 is 22.7 Å². The van der Waals surface area contributed by atoms with Crippen LogP contribution in [0.4, 0.5) is 0 Å². The van der Waals surface area contributed by atoms with Gasteiger partial charge in [-0.1, -0.05) is 22.0 Å². The number of hydrogen-bond acceptors (Lipinski definition) is 6. The molecular formula is C20H22BrN3O5S. The van der Waals surface area contributed by atoms with Gasteiger partial charge in [-0.2, -0.15) is 0 Å². The van der Waals surface area contributed by atoms with Crippen LogP contribution in [0, 0.1) is 0 Å². The summed E-state index contributed by atoms with van der Waals surface area (Å²) in [6.45, 7) is 3.33. The molecule has 1 saturated heterocycles. The molecule has 30 heavy (non-hydrogen) atoms. The van der Waals surface area contributed by atoms with Crippen LogP contribution in [0.2, 0.25) is 0 Å². The Morgan fingerprint density at radius 1 is 1.00 bits per heavy atom. The topological polar surface area (TPSA) is 88.2 Å². The summed E-state index contributed by atoms with van der Waals surface area (Å²) < 4.78 is 38.6. The van der Waals surface area contributed by atoms with Gasteiger partial charge in [-0.05, 0) is 42.0 Å². The number of nitrogens with one attached hydrogen (secondary N) is 1. The fraction of sp³-hybridized carbons (Fsp3) is 0.350. The van der Waals surface area contributed by atoms with Crippen LogP contribution < -0.4 is 14.2 Å². The van der Waals surface area contributed by atoms with E-state index in [1.54, 1.807) is 17.0 Å². The van der Waals surface area contributed by atoms with E-state index in [0.29, 0.717) is 13.1 Å². The highest BCUT2D eigenvalue weighted by Gasteiger charge is 2.23. The number of ether oxygens (including phenoxy) is 2. The maximum atomic E-state index is 12.5. The van der Waals surface area contributed by atoms with Gasteiger partial charge in [-0.25, -0.2) is 13.1 Å². The Balaban J connectivity index is 1.25. The van der Waals surface area contributed by atoms with E-state index in [2.05, 4.69) is 25.6 Å². The second-order valence-electron chi connectivity index (χ2n) is 7.12. The first kappa shape index (κ1) is 21.1. The van der Waals surface area contributed by atoms with E-state index in [1.807, 2.05) is 18.2 Å². The lowest BCUT2D eigenvalue weighted by Crippen LogP contribution is -2.50. The summed E-state index contributed by atoms with van der Waals surface area (Å²) in [7, 11) is -3.72. The normalized spacial score (nSPS) is 16.6. The van der Waals surface area contributed by atoms with Gasteiger partial charge in [-0.3, -0.25) is 9.69 Å². The number of amides is 1. The highest BCUT2D eigenvalue weighted by Crippen LogP contribution is 2.32. The van der Waals surface area contributed by atoms with E-state index in [4.69, 9.17) is 9.47 Å². The molecule has 0 aliphatic carbocycles. The molecule has 160 valence electrons. The Labute approximate surface area is 183 Å². The fourth-order valence-corrected chi connectivity index (χ4v) is 4.66. The molecule has 0 saturated carbocycles. The first-order valence-corrected chi connectivity index (χ1v) is 11.8. The van der Waals surface area contributed by atoms with Gasteiger partial charge in [0.15, 0.2) is 11.5 Å². The van der Waals surface area contributed by atoms with Gasteiger partial charge in [0.05, 0.1) is 11.4 Å². The predicted octanol–water partition coefficient (Wildman–Crippen LogP) is 1.80. The number of hydrogen-bond donors (Lipinski definition) is 1. The SMILES string of the molecule is O=C(CNS(=O)(=O)c1ccc(Br)cc1)N1CCN(Cc2ccc3c(c2)OCO3)CC1. The quantitative estimate of drug-likeness (QED) is 0.657. The molecule has 0 spiro atoms.